The lowest BCUT2D eigenvalue weighted by Crippen LogP contribution is -2.57. The van der Waals surface area contributed by atoms with E-state index in [1.54, 1.807) is 35.2 Å². The molecule has 2 aromatic rings. The lowest BCUT2D eigenvalue weighted by Gasteiger charge is -2.45. The highest BCUT2D eigenvalue weighted by atomic mass is 35.5. The summed E-state index contributed by atoms with van der Waals surface area (Å²) in [6.07, 6.45) is 8.86. The average molecular weight is 459 g/mol. The van der Waals surface area contributed by atoms with Crippen molar-refractivity contribution >= 4 is 38.5 Å². The first kappa shape index (κ1) is 20.5. The van der Waals surface area contributed by atoms with Crippen LogP contribution in [-0.2, 0) is 14.8 Å². The van der Waals surface area contributed by atoms with E-state index in [-0.39, 0.29) is 29.0 Å². The molecule has 5 rings (SSSR count). The van der Waals surface area contributed by atoms with E-state index in [2.05, 4.69) is 6.08 Å². The van der Waals surface area contributed by atoms with Gasteiger partial charge >= 0.3 is 6.09 Å². The Bertz CT molecular complexity index is 1190. The molecule has 2 atom stereocenters. The van der Waals surface area contributed by atoms with E-state index in [1.165, 1.54) is 4.31 Å². The van der Waals surface area contributed by atoms with Crippen LogP contribution in [0.15, 0.2) is 65.6 Å². The number of nitrogens with zero attached hydrogens (tertiary/aromatic N) is 2. The minimum absolute atomic E-state index is 0.0281. The van der Waals surface area contributed by atoms with Gasteiger partial charge in [-0.05, 0) is 25.0 Å². The van der Waals surface area contributed by atoms with Crippen molar-refractivity contribution in [3.8, 4) is 0 Å². The van der Waals surface area contributed by atoms with Crippen molar-refractivity contribution in [2.45, 2.75) is 29.8 Å². The summed E-state index contributed by atoms with van der Waals surface area (Å²) >= 11 is 6.27. The molecule has 3 aliphatic rings. The maximum absolute atomic E-state index is 13.4. The van der Waals surface area contributed by atoms with E-state index in [0.29, 0.717) is 42.9 Å². The van der Waals surface area contributed by atoms with E-state index in [4.69, 9.17) is 16.3 Å². The molecular weight excluding hydrogens is 436 g/mol. The molecule has 6 nitrogen and oxygen atoms in total. The number of halogens is 1. The predicted octanol–water partition coefficient (Wildman–Crippen LogP) is 4.21. The number of carbonyl (C=O) groups excluding carboxylic acids is 1. The zero-order chi connectivity index (χ0) is 21.6. The second kappa shape index (κ2) is 7.97. The van der Waals surface area contributed by atoms with Crippen molar-refractivity contribution in [1.29, 1.82) is 0 Å². The van der Waals surface area contributed by atoms with Crippen LogP contribution in [0.25, 0.3) is 10.8 Å². The number of piperidine rings is 1. The van der Waals surface area contributed by atoms with E-state index >= 15 is 0 Å². The normalized spacial score (nSPS) is 24.9. The lowest BCUT2D eigenvalue weighted by molar-refractivity contribution is 0.00619. The molecule has 2 unspecified atom stereocenters. The van der Waals surface area contributed by atoms with Crippen LogP contribution in [0.1, 0.15) is 12.8 Å². The van der Waals surface area contributed by atoms with Gasteiger partial charge in [-0.1, -0.05) is 60.2 Å². The molecule has 1 aliphatic carbocycles. The molecule has 2 aromatic carbocycles. The fourth-order valence-electron chi connectivity index (χ4n) is 4.82. The van der Waals surface area contributed by atoms with Crippen molar-refractivity contribution < 1.29 is 17.9 Å². The summed E-state index contributed by atoms with van der Waals surface area (Å²) in [6.45, 7) is 1.09. The second-order valence-electron chi connectivity index (χ2n) is 8.13. The molecule has 2 heterocycles. The van der Waals surface area contributed by atoms with Crippen LogP contribution in [0.5, 0.6) is 0 Å². The van der Waals surface area contributed by atoms with Crippen molar-refractivity contribution in [2.24, 2.45) is 5.92 Å². The molecule has 0 saturated carbocycles. The van der Waals surface area contributed by atoms with Gasteiger partial charge in [0.1, 0.15) is 6.61 Å². The Kier molecular flexibility index (Phi) is 5.28. The Morgan fingerprint density at radius 3 is 2.48 bits per heavy atom. The number of fused-ring (bicyclic) bond motifs is 2. The second-order valence-corrected chi connectivity index (χ2v) is 10.4. The topological polar surface area (TPSA) is 66.9 Å². The van der Waals surface area contributed by atoms with Crippen molar-refractivity contribution in [2.75, 3.05) is 19.7 Å². The largest absolute Gasteiger partial charge is 0.449 e. The van der Waals surface area contributed by atoms with Crippen LogP contribution < -0.4 is 0 Å². The van der Waals surface area contributed by atoms with E-state index in [1.807, 2.05) is 24.3 Å². The van der Waals surface area contributed by atoms with Gasteiger partial charge in [0.05, 0.1) is 10.9 Å². The highest BCUT2D eigenvalue weighted by molar-refractivity contribution is 7.89. The van der Waals surface area contributed by atoms with Crippen molar-refractivity contribution in [1.82, 2.24) is 9.21 Å². The number of cyclic esters (lactones) is 1. The van der Waals surface area contributed by atoms with Crippen LogP contribution in [0.4, 0.5) is 4.79 Å². The van der Waals surface area contributed by atoms with Crippen molar-refractivity contribution in [3.63, 3.8) is 0 Å². The van der Waals surface area contributed by atoms with E-state index in [9.17, 15) is 13.2 Å². The minimum atomic E-state index is -3.68. The Labute approximate surface area is 186 Å². The third-order valence-electron chi connectivity index (χ3n) is 6.41. The number of carbonyl (C=O) groups is 1. The Morgan fingerprint density at radius 2 is 1.68 bits per heavy atom. The van der Waals surface area contributed by atoms with Gasteiger partial charge in [-0.25, -0.2) is 13.2 Å². The number of hydrogen-bond acceptors (Lipinski definition) is 4. The van der Waals surface area contributed by atoms with Gasteiger partial charge < -0.3 is 4.74 Å². The maximum Gasteiger partial charge on any atom is 0.410 e. The van der Waals surface area contributed by atoms with Gasteiger partial charge in [-0.3, -0.25) is 4.90 Å². The average Bonchev–Trinajstić information content (AvgIpc) is 2.79. The number of sulfonamides is 1. The fourth-order valence-corrected chi connectivity index (χ4v) is 6.73. The van der Waals surface area contributed by atoms with Crippen LogP contribution in [0.2, 0.25) is 5.02 Å². The number of allylic oxidation sites excluding steroid dienone is 2. The third-order valence-corrected chi connectivity index (χ3v) is 8.70. The maximum atomic E-state index is 13.4. The first-order valence-electron chi connectivity index (χ1n) is 10.4. The third kappa shape index (κ3) is 3.54. The van der Waals surface area contributed by atoms with Gasteiger partial charge in [0, 0.05) is 40.8 Å². The molecule has 0 aromatic heterocycles. The molecule has 2 saturated heterocycles. The number of hydrogen-bond donors (Lipinski definition) is 0. The van der Waals surface area contributed by atoms with Crippen LogP contribution in [-0.4, -0.2) is 55.5 Å². The molecule has 0 bridgehead atoms. The Balaban J connectivity index is 1.37. The molecule has 31 heavy (non-hydrogen) atoms. The molecular formula is C23H23ClN2O4S. The SMILES string of the molecule is O=C1OCC2C=CC=CC2N1C1CCN(S(=O)(=O)c2cccc3c(Cl)cccc23)CC1. The summed E-state index contributed by atoms with van der Waals surface area (Å²) in [4.78, 5) is 14.6. The van der Waals surface area contributed by atoms with E-state index in [0.717, 1.165) is 5.39 Å². The van der Waals surface area contributed by atoms with Gasteiger partial charge in [0.15, 0.2) is 0 Å². The van der Waals surface area contributed by atoms with E-state index < -0.39 is 10.0 Å². The van der Waals surface area contributed by atoms with Crippen LogP contribution in [0.3, 0.4) is 0 Å². The lowest BCUT2D eigenvalue weighted by atomic mass is 9.91. The molecule has 162 valence electrons. The standard InChI is InChI=1S/C23H23ClN2O4S/c24-20-8-3-7-19-18(20)6-4-10-22(19)31(28,29)25-13-11-17(12-14-25)26-21-9-2-1-5-16(21)15-30-23(26)27/h1-10,16-17,21H,11-15H2. The molecule has 0 N–H and O–H groups in total. The minimum Gasteiger partial charge on any atom is -0.449 e. The summed E-state index contributed by atoms with van der Waals surface area (Å²) in [5, 5.41) is 1.87. The van der Waals surface area contributed by atoms with Crippen LogP contribution >= 0.6 is 11.6 Å². The Hall–Kier alpha value is -2.35. The van der Waals surface area contributed by atoms with Gasteiger partial charge in [-0.15, -0.1) is 0 Å². The number of amides is 1. The fraction of sp³-hybridized carbons (Fsp3) is 0.348. The predicted molar refractivity (Wildman–Crippen MR) is 119 cm³/mol. The summed E-state index contributed by atoms with van der Waals surface area (Å²) in [6, 6.07) is 10.4. The highest BCUT2D eigenvalue weighted by Crippen LogP contribution is 2.34. The zero-order valence-corrected chi connectivity index (χ0v) is 18.4. The quantitative estimate of drug-likeness (QED) is 0.691. The summed E-state index contributed by atoms with van der Waals surface area (Å²) in [7, 11) is -3.68. The van der Waals surface area contributed by atoms with Gasteiger partial charge in [0.2, 0.25) is 10.0 Å². The number of ether oxygens (including phenoxy) is 1. The monoisotopic (exact) mass is 458 g/mol. The number of benzene rings is 2. The van der Waals surface area contributed by atoms with Crippen molar-refractivity contribution in [3.05, 3.63) is 65.7 Å². The summed E-state index contributed by atoms with van der Waals surface area (Å²) in [5.41, 5.74) is 0. The Morgan fingerprint density at radius 1 is 0.968 bits per heavy atom. The first-order chi connectivity index (χ1) is 15.0. The molecule has 0 radical (unpaired) electrons. The summed E-state index contributed by atoms with van der Waals surface area (Å²) < 4.78 is 33.8. The molecule has 1 amide bonds. The molecule has 0 spiro atoms. The smallest absolute Gasteiger partial charge is 0.410 e. The summed E-state index contributed by atoms with van der Waals surface area (Å²) in [5.74, 6) is 0.143. The molecule has 2 aliphatic heterocycles. The number of rotatable bonds is 3. The van der Waals surface area contributed by atoms with Gasteiger partial charge in [-0.2, -0.15) is 4.31 Å². The zero-order valence-electron chi connectivity index (χ0n) is 16.9. The highest BCUT2D eigenvalue weighted by Gasteiger charge is 2.42. The molecule has 8 heteroatoms. The van der Waals surface area contributed by atoms with Crippen LogP contribution in [0, 0.1) is 5.92 Å². The van der Waals surface area contributed by atoms with Gasteiger partial charge in [0.25, 0.3) is 0 Å². The first-order valence-corrected chi connectivity index (χ1v) is 12.3. The molecule has 2 fully saturated rings.